The molecular weight excluding hydrogens is 250 g/mol. The average molecular weight is 263 g/mol. The lowest BCUT2D eigenvalue weighted by molar-refractivity contribution is -0.121. The minimum atomic E-state index is -0.490. The maximum atomic E-state index is 11.7. The minimum absolute atomic E-state index is 0.0849. The molecule has 0 saturated carbocycles. The lowest BCUT2D eigenvalue weighted by atomic mass is 10.2. The topological polar surface area (TPSA) is 84.6 Å². The summed E-state index contributed by atoms with van der Waals surface area (Å²) in [6.07, 6.45) is 0.0849. The van der Waals surface area contributed by atoms with E-state index in [4.69, 9.17) is 5.73 Å². The molecule has 2 amide bonds. The molecule has 0 bridgehead atoms. The minimum Gasteiger partial charge on any atom is -0.378 e. The van der Waals surface area contributed by atoms with Gasteiger partial charge in [0.05, 0.1) is 0 Å². The van der Waals surface area contributed by atoms with Crippen LogP contribution in [0.1, 0.15) is 12.0 Å². The number of carbonyl (C=O) groups is 2. The van der Waals surface area contributed by atoms with Crippen LogP contribution in [0.4, 0.5) is 5.69 Å². The second-order valence-corrected chi connectivity index (χ2v) is 5.24. The molecule has 2 rings (SSSR count). The molecule has 1 unspecified atom stereocenters. The molecular formula is C12H13N3O2S. The van der Waals surface area contributed by atoms with Gasteiger partial charge in [-0.1, -0.05) is 29.5 Å². The lowest BCUT2D eigenvalue weighted by Crippen LogP contribution is -2.21. The van der Waals surface area contributed by atoms with Crippen molar-refractivity contribution in [2.75, 3.05) is 5.32 Å². The third-order valence-corrected chi connectivity index (χ3v) is 3.45. The fourth-order valence-electron chi connectivity index (χ4n) is 1.55. The summed E-state index contributed by atoms with van der Waals surface area (Å²) < 4.78 is 0. The van der Waals surface area contributed by atoms with Crippen LogP contribution in [0, 0.1) is 6.92 Å². The van der Waals surface area contributed by atoms with Crippen LogP contribution in [0.2, 0.25) is 0 Å². The van der Waals surface area contributed by atoms with Gasteiger partial charge in [0.15, 0.2) is 5.17 Å². The van der Waals surface area contributed by atoms with Gasteiger partial charge in [0.2, 0.25) is 5.91 Å². The quantitative estimate of drug-likeness (QED) is 0.860. The number of amides is 2. The number of rotatable bonds is 3. The van der Waals surface area contributed by atoms with Crippen molar-refractivity contribution in [3.8, 4) is 0 Å². The van der Waals surface area contributed by atoms with E-state index in [0.29, 0.717) is 0 Å². The van der Waals surface area contributed by atoms with Crippen LogP contribution in [-0.2, 0) is 9.59 Å². The molecule has 1 atom stereocenters. The lowest BCUT2D eigenvalue weighted by Gasteiger charge is -2.08. The number of nitrogens with zero attached hydrogens (tertiary/aromatic N) is 1. The predicted octanol–water partition coefficient (Wildman–Crippen LogP) is 1.28. The van der Waals surface area contributed by atoms with Gasteiger partial charge in [-0.05, 0) is 19.1 Å². The molecule has 1 heterocycles. The molecule has 1 aliphatic rings. The Morgan fingerprint density at radius 1 is 1.44 bits per heavy atom. The van der Waals surface area contributed by atoms with Crippen molar-refractivity contribution in [3.63, 3.8) is 0 Å². The van der Waals surface area contributed by atoms with Crippen LogP contribution in [0.3, 0.4) is 0 Å². The summed E-state index contributed by atoms with van der Waals surface area (Å²) in [7, 11) is 0. The molecule has 1 aromatic rings. The molecule has 5 nitrogen and oxygen atoms in total. The Morgan fingerprint density at radius 3 is 2.67 bits per heavy atom. The molecule has 1 aliphatic heterocycles. The van der Waals surface area contributed by atoms with Crippen molar-refractivity contribution in [2.45, 2.75) is 18.6 Å². The van der Waals surface area contributed by atoms with E-state index in [9.17, 15) is 9.59 Å². The highest BCUT2D eigenvalue weighted by molar-refractivity contribution is 8.15. The molecule has 6 heteroatoms. The largest absolute Gasteiger partial charge is 0.378 e. The van der Waals surface area contributed by atoms with Crippen molar-refractivity contribution in [3.05, 3.63) is 29.8 Å². The Bertz CT molecular complexity index is 511. The summed E-state index contributed by atoms with van der Waals surface area (Å²) in [6, 6.07) is 7.46. The molecule has 0 saturated heterocycles. The maximum absolute atomic E-state index is 11.7. The Kier molecular flexibility index (Phi) is 3.66. The van der Waals surface area contributed by atoms with Crippen LogP contribution in [-0.4, -0.2) is 22.2 Å². The third kappa shape index (κ3) is 3.10. The van der Waals surface area contributed by atoms with E-state index in [-0.39, 0.29) is 23.4 Å². The van der Waals surface area contributed by atoms with E-state index in [2.05, 4.69) is 10.3 Å². The smallest absolute Gasteiger partial charge is 0.262 e. The molecule has 1 aromatic carbocycles. The fraction of sp³-hybridized carbons (Fsp3) is 0.250. The Labute approximate surface area is 109 Å². The molecule has 0 spiro atoms. The van der Waals surface area contributed by atoms with Gasteiger partial charge in [0.1, 0.15) is 5.25 Å². The van der Waals surface area contributed by atoms with Crippen molar-refractivity contribution >= 4 is 34.4 Å². The number of thioether (sulfide) groups is 1. The van der Waals surface area contributed by atoms with Crippen molar-refractivity contribution < 1.29 is 9.59 Å². The molecule has 3 N–H and O–H groups in total. The first kappa shape index (κ1) is 12.6. The van der Waals surface area contributed by atoms with Gasteiger partial charge >= 0.3 is 0 Å². The number of hydrogen-bond donors (Lipinski definition) is 2. The highest BCUT2D eigenvalue weighted by Gasteiger charge is 2.29. The standard InChI is InChI=1S/C12H13N3O2S/c1-7-2-4-8(5-3-7)14-10(16)6-9-11(17)15-12(13)18-9/h2-5,9H,6H2,1H3,(H,14,16)(H2,13,15,17). The monoisotopic (exact) mass is 263 g/mol. The normalized spacial score (nSPS) is 18.6. The first-order valence-corrected chi connectivity index (χ1v) is 6.34. The van der Waals surface area contributed by atoms with Gasteiger partial charge in [-0.2, -0.15) is 4.99 Å². The van der Waals surface area contributed by atoms with Crippen LogP contribution < -0.4 is 11.1 Å². The number of nitrogens with one attached hydrogen (secondary N) is 1. The van der Waals surface area contributed by atoms with Crippen molar-refractivity contribution in [1.29, 1.82) is 0 Å². The number of nitrogens with two attached hydrogens (primary N) is 1. The van der Waals surface area contributed by atoms with Gasteiger partial charge in [0.25, 0.3) is 5.91 Å². The first-order chi connectivity index (χ1) is 8.54. The maximum Gasteiger partial charge on any atom is 0.262 e. The number of amidine groups is 1. The fourth-order valence-corrected chi connectivity index (χ4v) is 2.37. The van der Waals surface area contributed by atoms with Gasteiger partial charge in [0, 0.05) is 12.1 Å². The highest BCUT2D eigenvalue weighted by Crippen LogP contribution is 2.23. The molecule has 94 valence electrons. The predicted molar refractivity (Wildman–Crippen MR) is 72.4 cm³/mol. The second-order valence-electron chi connectivity index (χ2n) is 4.01. The summed E-state index contributed by atoms with van der Waals surface area (Å²) >= 11 is 1.13. The van der Waals surface area contributed by atoms with Gasteiger partial charge in [-0.15, -0.1) is 0 Å². The van der Waals surface area contributed by atoms with Crippen molar-refractivity contribution in [1.82, 2.24) is 0 Å². The van der Waals surface area contributed by atoms with Crippen LogP contribution >= 0.6 is 11.8 Å². The van der Waals surface area contributed by atoms with E-state index in [1.165, 1.54) is 0 Å². The number of benzene rings is 1. The molecule has 0 aromatic heterocycles. The van der Waals surface area contributed by atoms with E-state index in [0.717, 1.165) is 23.0 Å². The zero-order valence-electron chi connectivity index (χ0n) is 9.84. The molecule has 0 radical (unpaired) electrons. The van der Waals surface area contributed by atoms with E-state index >= 15 is 0 Å². The highest BCUT2D eigenvalue weighted by atomic mass is 32.2. The Balaban J connectivity index is 1.90. The third-order valence-electron chi connectivity index (χ3n) is 2.46. The van der Waals surface area contributed by atoms with Crippen LogP contribution in [0.5, 0.6) is 0 Å². The number of anilines is 1. The SMILES string of the molecule is Cc1ccc(NC(=O)CC2SC(N)=NC2=O)cc1. The van der Waals surface area contributed by atoms with E-state index < -0.39 is 5.25 Å². The molecule has 0 aliphatic carbocycles. The van der Waals surface area contributed by atoms with Crippen molar-refractivity contribution in [2.24, 2.45) is 10.7 Å². The summed E-state index contributed by atoms with van der Waals surface area (Å²) in [4.78, 5) is 26.7. The summed E-state index contributed by atoms with van der Waals surface area (Å²) in [5, 5.41) is 2.47. The summed E-state index contributed by atoms with van der Waals surface area (Å²) in [6.45, 7) is 1.97. The zero-order chi connectivity index (χ0) is 13.1. The zero-order valence-corrected chi connectivity index (χ0v) is 10.7. The van der Waals surface area contributed by atoms with Gasteiger partial charge < -0.3 is 11.1 Å². The van der Waals surface area contributed by atoms with Gasteiger partial charge in [-0.3, -0.25) is 9.59 Å². The van der Waals surface area contributed by atoms with Gasteiger partial charge in [-0.25, -0.2) is 0 Å². The van der Waals surface area contributed by atoms with E-state index in [1.807, 2.05) is 31.2 Å². The summed E-state index contributed by atoms with van der Waals surface area (Å²) in [5.74, 6) is -0.550. The van der Waals surface area contributed by atoms with Crippen LogP contribution in [0.25, 0.3) is 0 Å². The van der Waals surface area contributed by atoms with Crippen LogP contribution in [0.15, 0.2) is 29.3 Å². The molecule has 18 heavy (non-hydrogen) atoms. The van der Waals surface area contributed by atoms with E-state index in [1.54, 1.807) is 0 Å². The number of aliphatic imine (C=N–C) groups is 1. The number of hydrogen-bond acceptors (Lipinski definition) is 4. The summed E-state index contributed by atoms with van der Waals surface area (Å²) in [5.41, 5.74) is 7.26. The number of aryl methyl sites for hydroxylation is 1. The molecule has 0 fully saturated rings. The first-order valence-electron chi connectivity index (χ1n) is 5.46. The average Bonchev–Trinajstić information content (AvgIpc) is 2.61. The number of carbonyl (C=O) groups excluding carboxylic acids is 2. The second kappa shape index (κ2) is 5.22. The Morgan fingerprint density at radius 2 is 2.11 bits per heavy atom. The Hall–Kier alpha value is -1.82.